The first-order chi connectivity index (χ1) is 10.3. The van der Waals surface area contributed by atoms with Crippen LogP contribution in [0.5, 0.6) is 0 Å². The molecule has 0 amide bonds. The number of hydrogen-bond acceptors (Lipinski definition) is 5. The predicted molar refractivity (Wildman–Crippen MR) is 87.5 cm³/mol. The fourth-order valence-corrected chi connectivity index (χ4v) is 4.07. The zero-order chi connectivity index (χ0) is 14.7. The van der Waals surface area contributed by atoms with Crippen LogP contribution in [0, 0.1) is 5.92 Å². The summed E-state index contributed by atoms with van der Waals surface area (Å²) in [5, 5.41) is 0.865. The van der Waals surface area contributed by atoms with Crippen molar-refractivity contribution in [1.29, 1.82) is 0 Å². The normalized spacial score (nSPS) is 27.0. The minimum Gasteiger partial charge on any atom is -0.299 e. The van der Waals surface area contributed by atoms with Crippen molar-refractivity contribution in [3.8, 4) is 0 Å². The molecule has 0 spiro atoms. The minimum atomic E-state index is 0.759. The maximum atomic E-state index is 4.40. The lowest BCUT2D eigenvalue weighted by atomic mass is 9.95. The van der Waals surface area contributed by atoms with E-state index >= 15 is 0 Å². The van der Waals surface area contributed by atoms with Crippen LogP contribution >= 0.6 is 11.8 Å². The summed E-state index contributed by atoms with van der Waals surface area (Å²) in [5.74, 6) is 0.849. The van der Waals surface area contributed by atoms with Gasteiger partial charge in [-0.2, -0.15) is 0 Å². The molecular formula is C16H26N4S. The summed E-state index contributed by atoms with van der Waals surface area (Å²) in [6, 6.07) is 0.759. The van der Waals surface area contributed by atoms with Gasteiger partial charge < -0.3 is 0 Å². The van der Waals surface area contributed by atoms with Crippen molar-refractivity contribution in [3.05, 3.63) is 18.0 Å². The second kappa shape index (κ2) is 7.07. The van der Waals surface area contributed by atoms with Gasteiger partial charge in [-0.25, -0.2) is 9.97 Å². The molecule has 4 rings (SSSR count). The van der Waals surface area contributed by atoms with Crippen molar-refractivity contribution in [3.63, 3.8) is 0 Å². The Bertz CT molecular complexity index is 450. The summed E-state index contributed by atoms with van der Waals surface area (Å²) in [5.41, 5.74) is 1.25. The predicted octanol–water partition coefficient (Wildman–Crippen LogP) is 2.50. The van der Waals surface area contributed by atoms with Crippen LogP contribution in [-0.4, -0.2) is 58.2 Å². The van der Waals surface area contributed by atoms with Crippen LogP contribution in [0.4, 0.5) is 0 Å². The van der Waals surface area contributed by atoms with Gasteiger partial charge in [0.15, 0.2) is 5.16 Å². The maximum Gasteiger partial charge on any atom is 0.187 e. The molecule has 3 aliphatic rings. The molecule has 4 heterocycles. The zero-order valence-corrected chi connectivity index (χ0v) is 14.0. The lowest BCUT2D eigenvalue weighted by Crippen LogP contribution is -2.44. The quantitative estimate of drug-likeness (QED) is 0.616. The van der Waals surface area contributed by atoms with Crippen LogP contribution in [0.1, 0.15) is 31.7 Å². The van der Waals surface area contributed by atoms with Crippen molar-refractivity contribution < 1.29 is 0 Å². The van der Waals surface area contributed by atoms with E-state index < -0.39 is 0 Å². The molecule has 5 heteroatoms. The second-order valence-corrected chi connectivity index (χ2v) is 7.14. The van der Waals surface area contributed by atoms with Gasteiger partial charge in [0.25, 0.3) is 0 Å². The average Bonchev–Trinajstić information content (AvgIpc) is 2.79. The third kappa shape index (κ3) is 3.76. The number of hydrogen-bond donors (Lipinski definition) is 0. The van der Waals surface area contributed by atoms with Crippen molar-refractivity contribution >= 4 is 11.8 Å². The van der Waals surface area contributed by atoms with Crippen molar-refractivity contribution in [2.75, 3.05) is 32.4 Å². The fraction of sp³-hybridized carbons (Fsp3) is 0.750. The minimum absolute atomic E-state index is 0.759. The second-order valence-electron chi connectivity index (χ2n) is 6.36. The summed E-state index contributed by atoms with van der Waals surface area (Å²) < 4.78 is 0. The summed E-state index contributed by atoms with van der Waals surface area (Å²) >= 11 is 1.60. The maximum absolute atomic E-state index is 4.40. The fourth-order valence-electron chi connectivity index (χ4n) is 3.75. The highest BCUT2D eigenvalue weighted by Gasteiger charge is 2.34. The van der Waals surface area contributed by atoms with E-state index in [0.29, 0.717) is 0 Å². The zero-order valence-electron chi connectivity index (χ0n) is 13.2. The van der Waals surface area contributed by atoms with Gasteiger partial charge in [-0.05, 0) is 38.0 Å². The topological polar surface area (TPSA) is 32.3 Å². The number of fused-ring (bicyclic) bond motifs is 4. The largest absolute Gasteiger partial charge is 0.299 e. The van der Waals surface area contributed by atoms with E-state index in [1.807, 2.05) is 18.6 Å². The molecular weight excluding hydrogens is 280 g/mol. The molecule has 0 unspecified atom stereocenters. The van der Waals surface area contributed by atoms with Gasteiger partial charge in [-0.15, -0.1) is 0 Å². The smallest absolute Gasteiger partial charge is 0.187 e. The lowest BCUT2D eigenvalue weighted by molar-refractivity contribution is 0.131. The first-order valence-electron chi connectivity index (χ1n) is 8.09. The lowest BCUT2D eigenvalue weighted by Gasteiger charge is -2.35. The molecule has 3 fully saturated rings. The molecule has 0 N–H and O–H groups in total. The highest BCUT2D eigenvalue weighted by molar-refractivity contribution is 7.98. The van der Waals surface area contributed by atoms with Gasteiger partial charge in [0.2, 0.25) is 0 Å². The first-order valence-corrected chi connectivity index (χ1v) is 9.32. The van der Waals surface area contributed by atoms with Gasteiger partial charge in [0, 0.05) is 50.2 Å². The number of thioether (sulfide) groups is 1. The van der Waals surface area contributed by atoms with Crippen LogP contribution in [0.3, 0.4) is 0 Å². The van der Waals surface area contributed by atoms with E-state index in [0.717, 1.165) is 23.7 Å². The molecule has 0 aromatic carbocycles. The van der Waals surface area contributed by atoms with Gasteiger partial charge in [0.05, 0.1) is 0 Å². The van der Waals surface area contributed by atoms with E-state index in [2.05, 4.69) is 26.7 Å². The molecule has 1 aromatic rings. The standard InChI is InChI=1S/C16H26N4S/c1-3-6-20-11-13-4-5-15(20)12-19(9-13)10-14-7-17-16(21-2)18-8-14/h7-8,13,15H,3-6,9-12H2,1-2H3/t13-,15+/m0/s1. The Morgan fingerprint density at radius 1 is 1.19 bits per heavy atom. The Hall–Kier alpha value is -0.650. The molecule has 2 atom stereocenters. The number of aromatic nitrogens is 2. The summed E-state index contributed by atoms with van der Waals surface area (Å²) in [4.78, 5) is 14.1. The third-order valence-electron chi connectivity index (χ3n) is 4.68. The highest BCUT2D eigenvalue weighted by Crippen LogP contribution is 2.28. The molecule has 3 aliphatic heterocycles. The molecule has 0 aliphatic carbocycles. The third-order valence-corrected chi connectivity index (χ3v) is 5.26. The SMILES string of the molecule is CCCN1C[C@H]2CC[C@@H]1CN(Cc1cnc(SC)nc1)C2. The van der Waals surface area contributed by atoms with E-state index in [1.165, 1.54) is 51.0 Å². The Labute approximate surface area is 132 Å². The molecule has 116 valence electrons. The number of nitrogens with zero attached hydrogens (tertiary/aromatic N) is 4. The first kappa shape index (κ1) is 15.3. The van der Waals surface area contributed by atoms with Gasteiger partial charge >= 0.3 is 0 Å². The molecule has 0 saturated carbocycles. The van der Waals surface area contributed by atoms with Crippen LogP contribution < -0.4 is 0 Å². The Morgan fingerprint density at radius 3 is 2.71 bits per heavy atom. The van der Waals surface area contributed by atoms with Crippen LogP contribution in [0.25, 0.3) is 0 Å². The Balaban J connectivity index is 1.63. The summed E-state index contributed by atoms with van der Waals surface area (Å²) in [6.07, 6.45) is 10.1. The van der Waals surface area contributed by atoms with Crippen molar-refractivity contribution in [2.45, 2.75) is 43.9 Å². The molecule has 0 radical (unpaired) electrons. The van der Waals surface area contributed by atoms with E-state index in [1.54, 1.807) is 11.8 Å². The molecule has 2 bridgehead atoms. The van der Waals surface area contributed by atoms with Crippen LogP contribution in [0.2, 0.25) is 0 Å². The van der Waals surface area contributed by atoms with Crippen molar-refractivity contribution in [1.82, 2.24) is 19.8 Å². The van der Waals surface area contributed by atoms with E-state index in [9.17, 15) is 0 Å². The van der Waals surface area contributed by atoms with Crippen LogP contribution in [-0.2, 0) is 6.54 Å². The number of piperidine rings is 1. The monoisotopic (exact) mass is 306 g/mol. The van der Waals surface area contributed by atoms with E-state index in [-0.39, 0.29) is 0 Å². The van der Waals surface area contributed by atoms with Gasteiger partial charge in [-0.1, -0.05) is 18.7 Å². The van der Waals surface area contributed by atoms with Crippen molar-refractivity contribution in [2.24, 2.45) is 5.92 Å². The summed E-state index contributed by atoms with van der Waals surface area (Å²) in [6.45, 7) is 8.31. The van der Waals surface area contributed by atoms with Crippen LogP contribution in [0.15, 0.2) is 17.6 Å². The highest BCUT2D eigenvalue weighted by atomic mass is 32.2. The molecule has 4 nitrogen and oxygen atoms in total. The molecule has 3 saturated heterocycles. The van der Waals surface area contributed by atoms with Gasteiger partial charge in [-0.3, -0.25) is 9.80 Å². The summed E-state index contributed by atoms with van der Waals surface area (Å²) in [7, 11) is 0. The Kier molecular flexibility index (Phi) is 5.14. The Morgan fingerprint density at radius 2 is 2.00 bits per heavy atom. The van der Waals surface area contributed by atoms with Gasteiger partial charge in [0.1, 0.15) is 0 Å². The number of rotatable bonds is 5. The van der Waals surface area contributed by atoms with E-state index in [4.69, 9.17) is 0 Å². The average molecular weight is 306 g/mol. The molecule has 21 heavy (non-hydrogen) atoms. The molecule has 1 aromatic heterocycles.